The van der Waals surface area contributed by atoms with Gasteiger partial charge in [0.05, 0.1) is 11.9 Å². The smallest absolute Gasteiger partial charge is 0.156 e. The summed E-state index contributed by atoms with van der Waals surface area (Å²) in [6.45, 7) is 3.90. The van der Waals surface area contributed by atoms with Gasteiger partial charge in [-0.25, -0.2) is 9.67 Å². The number of nitrogen functional groups attached to an aromatic ring is 1. The van der Waals surface area contributed by atoms with E-state index in [9.17, 15) is 0 Å². The van der Waals surface area contributed by atoms with E-state index < -0.39 is 0 Å². The zero-order valence-electron chi connectivity index (χ0n) is 10.8. The standard InChI is InChI=1S/C14H14N4O/c1-9-5-6-16-13(7-9)18-8-11(15)14(17-18)12-4-3-10(2)19-12/h3-8H,15H2,1-2H3. The van der Waals surface area contributed by atoms with Gasteiger partial charge < -0.3 is 10.2 Å². The van der Waals surface area contributed by atoms with Crippen LogP contribution in [-0.2, 0) is 0 Å². The van der Waals surface area contributed by atoms with Crippen LogP contribution in [0, 0.1) is 13.8 Å². The third kappa shape index (κ3) is 2.10. The second kappa shape index (κ2) is 4.28. The van der Waals surface area contributed by atoms with E-state index >= 15 is 0 Å². The molecule has 0 spiro atoms. The first kappa shape index (κ1) is 11.5. The van der Waals surface area contributed by atoms with Crippen LogP contribution in [0.15, 0.2) is 41.1 Å². The summed E-state index contributed by atoms with van der Waals surface area (Å²) < 4.78 is 7.21. The molecule has 0 aliphatic rings. The van der Waals surface area contributed by atoms with Crippen LogP contribution in [0.5, 0.6) is 0 Å². The Morgan fingerprint density at radius 3 is 2.74 bits per heavy atom. The second-order valence-corrected chi connectivity index (χ2v) is 4.48. The van der Waals surface area contributed by atoms with Crippen LogP contribution in [0.25, 0.3) is 17.3 Å². The Balaban J connectivity index is 2.06. The molecule has 3 rings (SSSR count). The summed E-state index contributed by atoms with van der Waals surface area (Å²) >= 11 is 0. The first-order chi connectivity index (χ1) is 9.13. The fourth-order valence-electron chi connectivity index (χ4n) is 1.90. The number of hydrogen-bond donors (Lipinski definition) is 1. The topological polar surface area (TPSA) is 69.9 Å². The molecular weight excluding hydrogens is 240 g/mol. The first-order valence-corrected chi connectivity index (χ1v) is 5.98. The van der Waals surface area contributed by atoms with E-state index in [1.54, 1.807) is 17.1 Å². The third-order valence-corrected chi connectivity index (χ3v) is 2.85. The van der Waals surface area contributed by atoms with Gasteiger partial charge in [-0.1, -0.05) is 0 Å². The fraction of sp³-hybridized carbons (Fsp3) is 0.143. The Morgan fingerprint density at radius 2 is 2.05 bits per heavy atom. The number of anilines is 1. The Labute approximate surface area is 110 Å². The molecule has 5 heteroatoms. The van der Waals surface area contributed by atoms with Crippen LogP contribution in [0.4, 0.5) is 5.69 Å². The number of nitrogens with two attached hydrogens (primary N) is 1. The average Bonchev–Trinajstić information content (AvgIpc) is 2.95. The van der Waals surface area contributed by atoms with Crippen molar-refractivity contribution in [2.45, 2.75) is 13.8 Å². The maximum absolute atomic E-state index is 5.99. The third-order valence-electron chi connectivity index (χ3n) is 2.85. The molecule has 0 saturated carbocycles. The summed E-state index contributed by atoms with van der Waals surface area (Å²) in [5.74, 6) is 2.24. The highest BCUT2D eigenvalue weighted by molar-refractivity contribution is 5.68. The Kier molecular flexibility index (Phi) is 2.59. The number of pyridine rings is 1. The summed E-state index contributed by atoms with van der Waals surface area (Å²) in [7, 11) is 0. The van der Waals surface area contributed by atoms with Crippen molar-refractivity contribution < 1.29 is 4.42 Å². The molecule has 0 aromatic carbocycles. The number of hydrogen-bond acceptors (Lipinski definition) is 4. The molecule has 3 aromatic heterocycles. The van der Waals surface area contributed by atoms with E-state index in [0.717, 1.165) is 17.1 Å². The molecule has 96 valence electrons. The molecule has 0 aliphatic carbocycles. The predicted octanol–water partition coefficient (Wildman–Crippen LogP) is 2.73. The van der Waals surface area contributed by atoms with Gasteiger partial charge in [0, 0.05) is 6.20 Å². The van der Waals surface area contributed by atoms with Crippen molar-refractivity contribution >= 4 is 5.69 Å². The molecule has 0 saturated heterocycles. The SMILES string of the molecule is Cc1ccnc(-n2cc(N)c(-c3ccc(C)o3)n2)c1. The molecule has 5 nitrogen and oxygen atoms in total. The number of aromatic nitrogens is 3. The van der Waals surface area contributed by atoms with Crippen LogP contribution in [0.3, 0.4) is 0 Å². The molecule has 0 bridgehead atoms. The summed E-state index contributed by atoms with van der Waals surface area (Å²) in [6, 6.07) is 7.64. The van der Waals surface area contributed by atoms with Crippen LogP contribution < -0.4 is 5.73 Å². The van der Waals surface area contributed by atoms with E-state index in [-0.39, 0.29) is 0 Å². The van der Waals surface area contributed by atoms with Gasteiger partial charge in [0.1, 0.15) is 5.76 Å². The first-order valence-electron chi connectivity index (χ1n) is 5.98. The molecule has 3 aromatic rings. The molecule has 0 radical (unpaired) electrons. The highest BCUT2D eigenvalue weighted by Crippen LogP contribution is 2.26. The van der Waals surface area contributed by atoms with Crippen molar-refractivity contribution in [3.05, 3.63) is 48.0 Å². The van der Waals surface area contributed by atoms with E-state index in [1.165, 1.54) is 0 Å². The highest BCUT2D eigenvalue weighted by Gasteiger charge is 2.13. The minimum absolute atomic E-state index is 0.567. The summed E-state index contributed by atoms with van der Waals surface area (Å²) in [6.07, 6.45) is 3.49. The maximum Gasteiger partial charge on any atom is 0.156 e. The zero-order valence-corrected chi connectivity index (χ0v) is 10.8. The predicted molar refractivity (Wildman–Crippen MR) is 72.9 cm³/mol. The van der Waals surface area contributed by atoms with Gasteiger partial charge in [0.15, 0.2) is 17.3 Å². The van der Waals surface area contributed by atoms with Crippen molar-refractivity contribution in [3.8, 4) is 17.3 Å². The summed E-state index contributed by atoms with van der Waals surface area (Å²) in [5, 5.41) is 4.44. The van der Waals surface area contributed by atoms with E-state index in [1.807, 2.05) is 38.1 Å². The molecule has 3 heterocycles. The highest BCUT2D eigenvalue weighted by atomic mass is 16.3. The lowest BCUT2D eigenvalue weighted by atomic mass is 10.3. The van der Waals surface area contributed by atoms with Crippen LogP contribution in [0.2, 0.25) is 0 Å². The van der Waals surface area contributed by atoms with E-state index in [0.29, 0.717) is 17.1 Å². The molecule has 19 heavy (non-hydrogen) atoms. The molecule has 0 amide bonds. The van der Waals surface area contributed by atoms with Crippen molar-refractivity contribution in [3.63, 3.8) is 0 Å². The Bertz CT molecular complexity index is 727. The molecular formula is C14H14N4O. The molecule has 0 unspecified atom stereocenters. The number of aryl methyl sites for hydroxylation is 2. The lowest BCUT2D eigenvalue weighted by Gasteiger charge is -2.00. The van der Waals surface area contributed by atoms with Crippen molar-refractivity contribution in [2.75, 3.05) is 5.73 Å². The summed E-state index contributed by atoms with van der Waals surface area (Å²) in [4.78, 5) is 4.28. The van der Waals surface area contributed by atoms with Crippen molar-refractivity contribution in [2.24, 2.45) is 0 Å². The minimum atomic E-state index is 0.567. The van der Waals surface area contributed by atoms with Gasteiger partial charge in [0.25, 0.3) is 0 Å². The molecule has 0 aliphatic heterocycles. The van der Waals surface area contributed by atoms with Crippen LogP contribution >= 0.6 is 0 Å². The second-order valence-electron chi connectivity index (χ2n) is 4.48. The zero-order chi connectivity index (χ0) is 13.4. The monoisotopic (exact) mass is 254 g/mol. The quantitative estimate of drug-likeness (QED) is 0.763. The van der Waals surface area contributed by atoms with Crippen LogP contribution in [-0.4, -0.2) is 14.8 Å². The molecule has 2 N–H and O–H groups in total. The van der Waals surface area contributed by atoms with E-state index in [2.05, 4.69) is 10.1 Å². The normalized spacial score (nSPS) is 10.8. The molecule has 0 fully saturated rings. The van der Waals surface area contributed by atoms with Crippen LogP contribution in [0.1, 0.15) is 11.3 Å². The fourth-order valence-corrected chi connectivity index (χ4v) is 1.90. The van der Waals surface area contributed by atoms with Crippen molar-refractivity contribution in [1.29, 1.82) is 0 Å². The lowest BCUT2D eigenvalue weighted by Crippen LogP contribution is -1.98. The lowest BCUT2D eigenvalue weighted by molar-refractivity contribution is 0.546. The van der Waals surface area contributed by atoms with E-state index in [4.69, 9.17) is 10.2 Å². The van der Waals surface area contributed by atoms with Gasteiger partial charge in [0.2, 0.25) is 0 Å². The largest absolute Gasteiger partial charge is 0.460 e. The Morgan fingerprint density at radius 1 is 1.21 bits per heavy atom. The van der Waals surface area contributed by atoms with Gasteiger partial charge in [-0.05, 0) is 43.7 Å². The van der Waals surface area contributed by atoms with Gasteiger partial charge in [-0.2, -0.15) is 5.10 Å². The maximum atomic E-state index is 5.99. The minimum Gasteiger partial charge on any atom is -0.460 e. The summed E-state index contributed by atoms with van der Waals surface area (Å²) in [5.41, 5.74) is 8.31. The average molecular weight is 254 g/mol. The Hall–Kier alpha value is -2.56. The number of furan rings is 1. The number of rotatable bonds is 2. The molecule has 0 atom stereocenters. The number of nitrogens with zero attached hydrogens (tertiary/aromatic N) is 3. The van der Waals surface area contributed by atoms with Crippen molar-refractivity contribution in [1.82, 2.24) is 14.8 Å². The van der Waals surface area contributed by atoms with Gasteiger partial charge in [-0.3, -0.25) is 0 Å². The van der Waals surface area contributed by atoms with Gasteiger partial charge in [-0.15, -0.1) is 0 Å². The van der Waals surface area contributed by atoms with Gasteiger partial charge >= 0.3 is 0 Å².